The molecule has 2 rings (SSSR count). The number of ketones is 3. The number of allylic oxidation sites excluding steroid dienone is 3. The van der Waals surface area contributed by atoms with Crippen LogP contribution in [0.25, 0.3) is 11.8 Å². The predicted octanol–water partition coefficient (Wildman–Crippen LogP) is 6.02. The van der Waals surface area contributed by atoms with E-state index in [1.165, 1.54) is 12.1 Å². The van der Waals surface area contributed by atoms with Gasteiger partial charge in [0.15, 0.2) is 17.3 Å². The van der Waals surface area contributed by atoms with Crippen molar-refractivity contribution in [1.82, 2.24) is 0 Å². The summed E-state index contributed by atoms with van der Waals surface area (Å²) in [6.45, 7) is 15.8. The van der Waals surface area contributed by atoms with E-state index in [1.54, 1.807) is 57.2 Å². The summed E-state index contributed by atoms with van der Waals surface area (Å²) >= 11 is 0. The lowest BCUT2D eigenvalue weighted by Crippen LogP contribution is -2.06. The van der Waals surface area contributed by atoms with E-state index in [-0.39, 0.29) is 23.1 Å². The smallest absolute Gasteiger partial charge is 0.188 e. The van der Waals surface area contributed by atoms with Crippen molar-refractivity contribution in [3.63, 3.8) is 0 Å². The largest absolute Gasteiger partial charge is 0.507 e. The van der Waals surface area contributed by atoms with Crippen LogP contribution in [0.15, 0.2) is 78.9 Å². The Labute approximate surface area is 176 Å². The van der Waals surface area contributed by atoms with E-state index in [0.717, 1.165) is 0 Å². The highest BCUT2D eigenvalue weighted by Gasteiger charge is 2.14. The Morgan fingerprint density at radius 1 is 0.667 bits per heavy atom. The van der Waals surface area contributed by atoms with Crippen molar-refractivity contribution in [2.75, 3.05) is 0 Å². The topological polar surface area (TPSA) is 71.4 Å². The maximum absolute atomic E-state index is 12.4. The molecule has 4 nitrogen and oxygen atoms in total. The third-order valence-electron chi connectivity index (χ3n) is 4.39. The Morgan fingerprint density at radius 2 is 1.03 bits per heavy atom. The second-order valence-electron chi connectivity index (χ2n) is 7.28. The SMILES string of the molecule is C=C(C)C(=O)c1ccc(/C(O)=C\c2cc(C(=O)C(=C)C)cc(C(=O)C(=C)C)c2)cc1. The van der Waals surface area contributed by atoms with Crippen LogP contribution < -0.4 is 0 Å². The number of hydrogen-bond donors (Lipinski definition) is 1. The fourth-order valence-corrected chi connectivity index (χ4v) is 2.77. The Morgan fingerprint density at radius 3 is 1.43 bits per heavy atom. The predicted molar refractivity (Wildman–Crippen MR) is 121 cm³/mol. The molecular formula is C26H24O4. The highest BCUT2D eigenvalue weighted by Crippen LogP contribution is 2.22. The second kappa shape index (κ2) is 9.14. The van der Waals surface area contributed by atoms with E-state index in [2.05, 4.69) is 19.7 Å². The minimum atomic E-state index is -0.289. The van der Waals surface area contributed by atoms with Crippen LogP contribution in [-0.4, -0.2) is 22.5 Å². The van der Waals surface area contributed by atoms with Gasteiger partial charge in [0, 0.05) is 22.3 Å². The first kappa shape index (κ1) is 22.5. The molecule has 2 aromatic rings. The molecule has 0 aliphatic rings. The minimum absolute atomic E-state index is 0.0713. The molecule has 0 unspecified atom stereocenters. The van der Waals surface area contributed by atoms with Crippen molar-refractivity contribution in [3.8, 4) is 0 Å². The summed E-state index contributed by atoms with van der Waals surface area (Å²) in [6.07, 6.45) is 1.46. The van der Waals surface area contributed by atoms with Crippen molar-refractivity contribution < 1.29 is 19.5 Å². The molecule has 2 aromatic carbocycles. The molecule has 0 atom stereocenters. The molecule has 0 aliphatic carbocycles. The first-order valence-electron chi connectivity index (χ1n) is 9.28. The highest BCUT2D eigenvalue weighted by atomic mass is 16.3. The summed E-state index contributed by atoms with van der Waals surface area (Å²) in [7, 11) is 0. The molecule has 4 heteroatoms. The first-order valence-corrected chi connectivity index (χ1v) is 9.28. The fraction of sp³-hybridized carbons (Fsp3) is 0.115. The summed E-state index contributed by atoms with van der Waals surface area (Å²) in [5.41, 5.74) is 3.15. The quantitative estimate of drug-likeness (QED) is 0.255. The van der Waals surface area contributed by atoms with Crippen molar-refractivity contribution >= 4 is 29.2 Å². The van der Waals surface area contributed by atoms with E-state index in [1.807, 2.05) is 0 Å². The van der Waals surface area contributed by atoms with Gasteiger partial charge in [0.2, 0.25) is 0 Å². The summed E-state index contributed by atoms with van der Waals surface area (Å²) in [4.78, 5) is 36.8. The maximum atomic E-state index is 12.4. The zero-order valence-corrected chi connectivity index (χ0v) is 17.4. The molecule has 0 spiro atoms. The number of aliphatic hydroxyl groups excluding tert-OH is 1. The minimum Gasteiger partial charge on any atom is -0.507 e. The summed E-state index contributed by atoms with van der Waals surface area (Å²) < 4.78 is 0. The van der Waals surface area contributed by atoms with Gasteiger partial charge in [-0.05, 0) is 67.3 Å². The number of carbonyl (C=O) groups excluding carboxylic acids is 3. The zero-order valence-electron chi connectivity index (χ0n) is 17.4. The number of hydrogen-bond acceptors (Lipinski definition) is 4. The van der Waals surface area contributed by atoms with Crippen molar-refractivity contribution in [3.05, 3.63) is 107 Å². The monoisotopic (exact) mass is 400 g/mol. The van der Waals surface area contributed by atoms with Crippen molar-refractivity contribution in [1.29, 1.82) is 0 Å². The van der Waals surface area contributed by atoms with E-state index in [4.69, 9.17) is 0 Å². The molecule has 0 bridgehead atoms. The van der Waals surface area contributed by atoms with Gasteiger partial charge in [-0.25, -0.2) is 0 Å². The van der Waals surface area contributed by atoms with Gasteiger partial charge in [-0.3, -0.25) is 14.4 Å². The van der Waals surface area contributed by atoms with Gasteiger partial charge in [-0.15, -0.1) is 0 Å². The Bertz CT molecular complexity index is 1070. The third kappa shape index (κ3) is 5.17. The standard InChI is InChI=1S/C26H24O4/c1-15(2)24(28)20-9-7-19(8-10-20)23(27)13-18-11-21(25(29)16(3)4)14-22(12-18)26(30)17(5)6/h7-14,27H,1,3,5H2,2,4,6H3/b23-13+. The average molecular weight is 400 g/mol. The van der Waals surface area contributed by atoms with Gasteiger partial charge >= 0.3 is 0 Å². The van der Waals surface area contributed by atoms with Crippen LogP contribution in [0, 0.1) is 0 Å². The third-order valence-corrected chi connectivity index (χ3v) is 4.39. The van der Waals surface area contributed by atoms with Gasteiger partial charge in [0.25, 0.3) is 0 Å². The molecular weight excluding hydrogens is 376 g/mol. The van der Waals surface area contributed by atoms with Gasteiger partial charge < -0.3 is 5.11 Å². The number of Topliss-reactive ketones (excluding diaryl/α,β-unsaturated/α-hetero) is 3. The lowest BCUT2D eigenvalue weighted by molar-refractivity contribution is 0.102. The molecule has 152 valence electrons. The molecule has 0 fully saturated rings. The number of benzene rings is 2. The van der Waals surface area contributed by atoms with Gasteiger partial charge in [-0.1, -0.05) is 44.0 Å². The fourth-order valence-electron chi connectivity index (χ4n) is 2.77. The van der Waals surface area contributed by atoms with Crippen molar-refractivity contribution in [2.24, 2.45) is 0 Å². The van der Waals surface area contributed by atoms with E-state index in [9.17, 15) is 19.5 Å². The lowest BCUT2D eigenvalue weighted by atomic mass is 9.95. The zero-order chi connectivity index (χ0) is 22.6. The molecule has 0 saturated carbocycles. The number of aliphatic hydroxyl groups is 1. The molecule has 30 heavy (non-hydrogen) atoms. The van der Waals surface area contributed by atoms with Crippen LogP contribution in [0.5, 0.6) is 0 Å². The van der Waals surface area contributed by atoms with E-state index < -0.39 is 0 Å². The van der Waals surface area contributed by atoms with Gasteiger partial charge in [0.1, 0.15) is 5.76 Å². The first-order chi connectivity index (χ1) is 14.0. The lowest BCUT2D eigenvalue weighted by Gasteiger charge is -2.08. The Hall–Kier alpha value is -3.79. The summed E-state index contributed by atoms with van der Waals surface area (Å²) in [5.74, 6) is -0.816. The van der Waals surface area contributed by atoms with Crippen molar-refractivity contribution in [2.45, 2.75) is 20.8 Å². The summed E-state index contributed by atoms with van der Waals surface area (Å²) in [5, 5.41) is 10.5. The van der Waals surface area contributed by atoms with E-state index in [0.29, 0.717) is 44.5 Å². The summed E-state index contributed by atoms with van der Waals surface area (Å²) in [6, 6.07) is 11.1. The Balaban J connectivity index is 2.49. The van der Waals surface area contributed by atoms with Gasteiger partial charge in [0.05, 0.1) is 0 Å². The molecule has 0 aliphatic heterocycles. The highest BCUT2D eigenvalue weighted by molar-refractivity contribution is 6.13. The maximum Gasteiger partial charge on any atom is 0.188 e. The average Bonchev–Trinajstić information content (AvgIpc) is 2.71. The molecule has 0 heterocycles. The number of rotatable bonds is 8. The van der Waals surface area contributed by atoms with Crippen LogP contribution >= 0.6 is 0 Å². The molecule has 1 N–H and O–H groups in total. The van der Waals surface area contributed by atoms with Crippen LogP contribution in [0.3, 0.4) is 0 Å². The normalized spacial score (nSPS) is 11.0. The van der Waals surface area contributed by atoms with Gasteiger partial charge in [-0.2, -0.15) is 0 Å². The molecule has 0 saturated heterocycles. The van der Waals surface area contributed by atoms with Crippen LogP contribution in [0.4, 0.5) is 0 Å². The van der Waals surface area contributed by atoms with Crippen LogP contribution in [0.2, 0.25) is 0 Å². The Kier molecular flexibility index (Phi) is 6.85. The molecule has 0 radical (unpaired) electrons. The van der Waals surface area contributed by atoms with E-state index >= 15 is 0 Å². The van der Waals surface area contributed by atoms with Crippen LogP contribution in [-0.2, 0) is 0 Å². The number of carbonyl (C=O) groups is 3. The molecule has 0 aromatic heterocycles. The van der Waals surface area contributed by atoms with Crippen LogP contribution in [0.1, 0.15) is 63.0 Å². The second-order valence-corrected chi connectivity index (χ2v) is 7.28. The molecule has 0 amide bonds.